The fraction of sp³-hybridized carbons (Fsp3) is 0.214. The van der Waals surface area contributed by atoms with E-state index >= 15 is 0 Å². The largest absolute Gasteiger partial charge is 0.464 e. The minimum Gasteiger partial charge on any atom is -0.464 e. The molecule has 0 radical (unpaired) electrons. The third kappa shape index (κ3) is 2.11. The molecule has 0 aliphatic rings. The summed E-state index contributed by atoms with van der Waals surface area (Å²) in [6.45, 7) is 3.99. The Morgan fingerprint density at radius 3 is 2.79 bits per heavy atom. The highest BCUT2D eigenvalue weighted by Crippen LogP contribution is 2.27. The molecule has 2 aromatic heterocycles. The number of nitrogens with one attached hydrogen (secondary N) is 1. The van der Waals surface area contributed by atoms with Gasteiger partial charge in [-0.05, 0) is 56.4 Å². The number of aromatic amines is 1. The second-order valence-electron chi connectivity index (χ2n) is 4.59. The van der Waals surface area contributed by atoms with Crippen LogP contribution in [-0.4, -0.2) is 9.55 Å². The second kappa shape index (κ2) is 4.54. The molecule has 98 valence electrons. The molecule has 2 heterocycles. The molecule has 19 heavy (non-hydrogen) atoms. The highest BCUT2D eigenvalue weighted by atomic mass is 35.5. The highest BCUT2D eigenvalue weighted by molar-refractivity contribution is 7.71. The van der Waals surface area contributed by atoms with E-state index < -0.39 is 0 Å². The van der Waals surface area contributed by atoms with E-state index in [2.05, 4.69) is 11.9 Å². The van der Waals surface area contributed by atoms with Crippen molar-refractivity contribution in [3.63, 3.8) is 0 Å². The number of fused-ring (bicyclic) bond motifs is 1. The minimum atomic E-state index is 0.0217. The summed E-state index contributed by atoms with van der Waals surface area (Å²) in [6.07, 6.45) is 0. The maximum Gasteiger partial charge on any atom is 0.178 e. The van der Waals surface area contributed by atoms with E-state index in [1.54, 1.807) is 0 Å². The number of aromatic nitrogens is 2. The Kier molecular flexibility index (Phi) is 2.99. The van der Waals surface area contributed by atoms with Gasteiger partial charge in [-0.1, -0.05) is 11.6 Å². The van der Waals surface area contributed by atoms with Gasteiger partial charge in [-0.3, -0.25) is 0 Å². The molecule has 1 atom stereocenters. The number of benzene rings is 1. The third-order valence-corrected chi connectivity index (χ3v) is 3.77. The summed E-state index contributed by atoms with van der Waals surface area (Å²) in [5, 5.41) is 0.693. The van der Waals surface area contributed by atoms with Gasteiger partial charge < -0.3 is 14.0 Å². The molecule has 1 unspecified atom stereocenters. The predicted molar refractivity (Wildman–Crippen MR) is 79.4 cm³/mol. The third-order valence-electron chi connectivity index (χ3n) is 3.24. The Hall–Kier alpha value is -1.52. The maximum absolute atomic E-state index is 6.07. The van der Waals surface area contributed by atoms with Gasteiger partial charge in [-0.2, -0.15) is 0 Å². The lowest BCUT2D eigenvalue weighted by atomic mass is 10.2. The number of halogens is 1. The molecule has 0 amide bonds. The van der Waals surface area contributed by atoms with Crippen LogP contribution < -0.4 is 0 Å². The molecular formula is C14H13ClN2OS. The van der Waals surface area contributed by atoms with Crippen molar-refractivity contribution in [1.82, 2.24) is 9.55 Å². The molecule has 1 N–H and O–H groups in total. The smallest absolute Gasteiger partial charge is 0.178 e. The lowest BCUT2D eigenvalue weighted by molar-refractivity contribution is 0.431. The molecule has 0 spiro atoms. The molecule has 3 aromatic rings. The summed E-state index contributed by atoms with van der Waals surface area (Å²) in [5.41, 5.74) is 1.96. The summed E-state index contributed by atoms with van der Waals surface area (Å²) in [7, 11) is 0. The molecule has 3 rings (SSSR count). The van der Waals surface area contributed by atoms with E-state index in [-0.39, 0.29) is 6.04 Å². The van der Waals surface area contributed by atoms with Gasteiger partial charge in [0.25, 0.3) is 0 Å². The van der Waals surface area contributed by atoms with Gasteiger partial charge in [-0.25, -0.2) is 0 Å². The Labute approximate surface area is 120 Å². The normalized spacial score (nSPS) is 13.0. The molecule has 5 heteroatoms. The van der Waals surface area contributed by atoms with Gasteiger partial charge in [0.05, 0.1) is 17.1 Å². The molecular weight excluding hydrogens is 280 g/mol. The van der Waals surface area contributed by atoms with Crippen LogP contribution in [0.1, 0.15) is 24.5 Å². The van der Waals surface area contributed by atoms with Gasteiger partial charge >= 0.3 is 0 Å². The van der Waals surface area contributed by atoms with Gasteiger partial charge in [0.1, 0.15) is 11.5 Å². The number of furan rings is 1. The van der Waals surface area contributed by atoms with Crippen LogP contribution in [-0.2, 0) is 0 Å². The molecule has 0 aliphatic carbocycles. The molecule has 3 nitrogen and oxygen atoms in total. The first-order valence-electron chi connectivity index (χ1n) is 6.02. The topological polar surface area (TPSA) is 33.9 Å². The van der Waals surface area contributed by atoms with Crippen molar-refractivity contribution in [2.75, 3.05) is 0 Å². The SMILES string of the molecule is Cc1ccc(C(C)n2c(=S)[nH]c3ccc(Cl)cc32)o1. The average molecular weight is 293 g/mol. The zero-order chi connectivity index (χ0) is 13.6. The van der Waals surface area contributed by atoms with E-state index in [1.807, 2.05) is 41.8 Å². The van der Waals surface area contributed by atoms with Gasteiger partial charge in [0.15, 0.2) is 4.77 Å². The number of H-pyrrole nitrogens is 1. The van der Waals surface area contributed by atoms with E-state index in [0.717, 1.165) is 22.6 Å². The molecule has 0 bridgehead atoms. The van der Waals surface area contributed by atoms with Crippen LogP contribution >= 0.6 is 23.8 Å². The van der Waals surface area contributed by atoms with Gasteiger partial charge in [0.2, 0.25) is 0 Å². The van der Waals surface area contributed by atoms with Crippen molar-refractivity contribution in [2.45, 2.75) is 19.9 Å². The highest BCUT2D eigenvalue weighted by Gasteiger charge is 2.16. The van der Waals surface area contributed by atoms with Crippen molar-refractivity contribution in [3.8, 4) is 0 Å². The van der Waals surface area contributed by atoms with Crippen LogP contribution in [0.15, 0.2) is 34.7 Å². The van der Waals surface area contributed by atoms with Crippen LogP contribution in [0.25, 0.3) is 11.0 Å². The van der Waals surface area contributed by atoms with Crippen molar-refractivity contribution < 1.29 is 4.42 Å². The lowest BCUT2D eigenvalue weighted by Crippen LogP contribution is -2.05. The second-order valence-corrected chi connectivity index (χ2v) is 5.41. The molecule has 0 fully saturated rings. The molecule has 1 aromatic carbocycles. The number of hydrogen-bond donors (Lipinski definition) is 1. The van der Waals surface area contributed by atoms with Crippen LogP contribution in [0.2, 0.25) is 5.02 Å². The van der Waals surface area contributed by atoms with Crippen LogP contribution in [0, 0.1) is 11.7 Å². The Morgan fingerprint density at radius 1 is 1.32 bits per heavy atom. The summed E-state index contributed by atoms with van der Waals surface area (Å²) >= 11 is 11.5. The molecule has 0 aliphatic heterocycles. The van der Waals surface area contributed by atoms with E-state index in [4.69, 9.17) is 28.2 Å². The minimum absolute atomic E-state index is 0.0217. The van der Waals surface area contributed by atoms with Crippen LogP contribution in [0.5, 0.6) is 0 Å². The summed E-state index contributed by atoms with van der Waals surface area (Å²) in [5.74, 6) is 1.78. The first kappa shape index (κ1) is 12.5. The fourth-order valence-corrected chi connectivity index (χ4v) is 2.82. The van der Waals surface area contributed by atoms with E-state index in [0.29, 0.717) is 9.79 Å². The Bertz CT molecular complexity index is 799. The number of rotatable bonds is 2. The van der Waals surface area contributed by atoms with Crippen molar-refractivity contribution in [1.29, 1.82) is 0 Å². The number of aryl methyl sites for hydroxylation is 1. The maximum atomic E-state index is 6.07. The monoisotopic (exact) mass is 292 g/mol. The standard InChI is InChI=1S/C14H13ClN2OS/c1-8-3-6-13(18-8)9(2)17-12-7-10(15)4-5-11(12)16-14(17)19/h3-7,9H,1-2H3,(H,16,19). The Morgan fingerprint density at radius 2 is 2.11 bits per heavy atom. The first-order chi connectivity index (χ1) is 9.06. The molecule has 0 saturated heterocycles. The molecule has 0 saturated carbocycles. The fourth-order valence-electron chi connectivity index (χ4n) is 2.28. The number of nitrogens with zero attached hydrogens (tertiary/aromatic N) is 1. The Balaban J connectivity index is 2.21. The van der Waals surface area contributed by atoms with Gasteiger partial charge in [0, 0.05) is 5.02 Å². The van der Waals surface area contributed by atoms with Crippen molar-refractivity contribution >= 4 is 34.9 Å². The van der Waals surface area contributed by atoms with Crippen LogP contribution in [0.4, 0.5) is 0 Å². The zero-order valence-corrected chi connectivity index (χ0v) is 12.2. The number of imidazole rings is 1. The van der Waals surface area contributed by atoms with Crippen LogP contribution in [0.3, 0.4) is 0 Å². The van der Waals surface area contributed by atoms with Crippen molar-refractivity contribution in [3.05, 3.63) is 51.6 Å². The van der Waals surface area contributed by atoms with E-state index in [9.17, 15) is 0 Å². The van der Waals surface area contributed by atoms with Gasteiger partial charge in [-0.15, -0.1) is 0 Å². The summed E-state index contributed by atoms with van der Waals surface area (Å²) < 4.78 is 8.38. The number of hydrogen-bond acceptors (Lipinski definition) is 2. The lowest BCUT2D eigenvalue weighted by Gasteiger charge is -2.12. The predicted octanol–water partition coefficient (Wildman–Crippen LogP) is 4.86. The van der Waals surface area contributed by atoms with E-state index in [1.165, 1.54) is 0 Å². The zero-order valence-electron chi connectivity index (χ0n) is 10.6. The first-order valence-corrected chi connectivity index (χ1v) is 6.81. The summed E-state index contributed by atoms with van der Waals surface area (Å²) in [6, 6.07) is 9.65. The summed E-state index contributed by atoms with van der Waals surface area (Å²) in [4.78, 5) is 3.19. The van der Waals surface area contributed by atoms with Crippen molar-refractivity contribution in [2.24, 2.45) is 0 Å². The average Bonchev–Trinajstić information content (AvgIpc) is 2.91. The quantitative estimate of drug-likeness (QED) is 0.684.